The summed E-state index contributed by atoms with van der Waals surface area (Å²) in [4.78, 5) is 28.1. The standard InChI is InChI=1S/C22H28N2O3S/c1-2-3-12-23-21(25)17-9-13-24(14-10-17)22(26)20-18(11-15-27-20)16-28-19-7-5-4-6-8-19/h4-8,11,15,17H,2-3,9-10,12-14,16H2,1H3,(H,23,25). The average Bonchev–Trinajstić information content (AvgIpc) is 3.21. The number of furan rings is 1. The van der Waals surface area contributed by atoms with Gasteiger partial charge < -0.3 is 14.6 Å². The van der Waals surface area contributed by atoms with Gasteiger partial charge in [-0.05, 0) is 37.5 Å². The van der Waals surface area contributed by atoms with E-state index in [1.165, 1.54) is 0 Å². The molecule has 1 aliphatic rings. The molecule has 150 valence electrons. The molecule has 1 aromatic heterocycles. The predicted molar refractivity (Wildman–Crippen MR) is 111 cm³/mol. The fourth-order valence-electron chi connectivity index (χ4n) is 3.34. The fourth-order valence-corrected chi connectivity index (χ4v) is 4.23. The molecule has 0 unspecified atom stereocenters. The van der Waals surface area contributed by atoms with Gasteiger partial charge in [-0.1, -0.05) is 31.5 Å². The summed E-state index contributed by atoms with van der Waals surface area (Å²) >= 11 is 1.69. The molecule has 6 heteroatoms. The molecular weight excluding hydrogens is 372 g/mol. The van der Waals surface area contributed by atoms with E-state index in [9.17, 15) is 9.59 Å². The molecule has 2 heterocycles. The lowest BCUT2D eigenvalue weighted by Crippen LogP contribution is -2.43. The zero-order valence-electron chi connectivity index (χ0n) is 16.4. The summed E-state index contributed by atoms with van der Waals surface area (Å²) in [5, 5.41) is 3.00. The van der Waals surface area contributed by atoms with E-state index in [1.54, 1.807) is 18.0 Å². The molecule has 5 nitrogen and oxygen atoms in total. The van der Waals surface area contributed by atoms with Gasteiger partial charge >= 0.3 is 0 Å². The molecule has 0 radical (unpaired) electrons. The van der Waals surface area contributed by atoms with Gasteiger partial charge in [-0.15, -0.1) is 11.8 Å². The van der Waals surface area contributed by atoms with E-state index in [2.05, 4.69) is 24.4 Å². The van der Waals surface area contributed by atoms with Crippen LogP contribution in [0.25, 0.3) is 0 Å². The number of unbranched alkanes of at least 4 members (excludes halogenated alkanes) is 1. The number of piperidine rings is 1. The van der Waals surface area contributed by atoms with Crippen molar-refractivity contribution in [3.8, 4) is 0 Å². The van der Waals surface area contributed by atoms with E-state index in [0.29, 0.717) is 37.4 Å². The highest BCUT2D eigenvalue weighted by Gasteiger charge is 2.29. The molecule has 1 saturated heterocycles. The van der Waals surface area contributed by atoms with E-state index in [1.807, 2.05) is 29.2 Å². The Morgan fingerprint density at radius 2 is 1.93 bits per heavy atom. The first-order chi connectivity index (χ1) is 13.7. The van der Waals surface area contributed by atoms with Crippen LogP contribution in [0.5, 0.6) is 0 Å². The zero-order chi connectivity index (χ0) is 19.8. The van der Waals surface area contributed by atoms with Crippen molar-refractivity contribution in [2.24, 2.45) is 5.92 Å². The molecule has 1 aliphatic heterocycles. The van der Waals surface area contributed by atoms with Crippen molar-refractivity contribution in [1.82, 2.24) is 10.2 Å². The molecule has 2 amide bonds. The first-order valence-corrected chi connectivity index (χ1v) is 11.0. The molecule has 1 N–H and O–H groups in total. The van der Waals surface area contributed by atoms with Crippen molar-refractivity contribution >= 4 is 23.6 Å². The number of benzene rings is 1. The second kappa shape index (κ2) is 10.4. The topological polar surface area (TPSA) is 62.6 Å². The van der Waals surface area contributed by atoms with Crippen LogP contribution in [0.4, 0.5) is 0 Å². The molecule has 28 heavy (non-hydrogen) atoms. The average molecular weight is 401 g/mol. The minimum absolute atomic E-state index is 0.00520. The van der Waals surface area contributed by atoms with Crippen LogP contribution in [0.3, 0.4) is 0 Å². The van der Waals surface area contributed by atoms with Gasteiger partial charge in [0.25, 0.3) is 5.91 Å². The van der Waals surface area contributed by atoms with Crippen LogP contribution in [-0.2, 0) is 10.5 Å². The summed E-state index contributed by atoms with van der Waals surface area (Å²) < 4.78 is 5.52. The van der Waals surface area contributed by atoms with Crippen LogP contribution < -0.4 is 5.32 Å². The number of nitrogens with one attached hydrogen (secondary N) is 1. The maximum atomic E-state index is 12.9. The zero-order valence-corrected chi connectivity index (χ0v) is 17.2. The first-order valence-electron chi connectivity index (χ1n) is 10.00. The minimum atomic E-state index is -0.0708. The fraction of sp³-hybridized carbons (Fsp3) is 0.455. The molecule has 1 fully saturated rings. The van der Waals surface area contributed by atoms with Crippen molar-refractivity contribution in [3.05, 3.63) is 54.0 Å². The van der Waals surface area contributed by atoms with Crippen LogP contribution in [0, 0.1) is 5.92 Å². The highest BCUT2D eigenvalue weighted by molar-refractivity contribution is 7.98. The van der Waals surface area contributed by atoms with E-state index < -0.39 is 0 Å². The lowest BCUT2D eigenvalue weighted by atomic mass is 9.95. The SMILES string of the molecule is CCCCNC(=O)C1CCN(C(=O)c2occc2CSc2ccccc2)CC1. The van der Waals surface area contributed by atoms with E-state index in [0.717, 1.165) is 29.8 Å². The highest BCUT2D eigenvalue weighted by atomic mass is 32.2. The van der Waals surface area contributed by atoms with Crippen molar-refractivity contribution < 1.29 is 14.0 Å². The number of hydrogen-bond donors (Lipinski definition) is 1. The Labute approximate surface area is 170 Å². The Hall–Kier alpha value is -2.21. The number of likely N-dealkylation sites (tertiary alicyclic amines) is 1. The molecule has 0 spiro atoms. The predicted octanol–water partition coefficient (Wildman–Crippen LogP) is 4.34. The summed E-state index contributed by atoms with van der Waals surface area (Å²) in [6.45, 7) is 4.04. The van der Waals surface area contributed by atoms with Crippen LogP contribution >= 0.6 is 11.8 Å². The smallest absolute Gasteiger partial charge is 0.289 e. The van der Waals surface area contributed by atoms with Gasteiger partial charge in [0.1, 0.15) is 0 Å². The molecule has 0 aliphatic carbocycles. The van der Waals surface area contributed by atoms with Gasteiger partial charge in [-0.25, -0.2) is 0 Å². The van der Waals surface area contributed by atoms with Crippen molar-refractivity contribution in [2.45, 2.75) is 43.3 Å². The summed E-state index contributed by atoms with van der Waals surface area (Å²) in [6, 6.07) is 12.0. The first kappa shape index (κ1) is 20.5. The quantitative estimate of drug-likeness (QED) is 0.529. The van der Waals surface area contributed by atoms with Crippen molar-refractivity contribution in [2.75, 3.05) is 19.6 Å². The second-order valence-corrected chi connectivity index (χ2v) is 8.14. The molecule has 1 aromatic carbocycles. The van der Waals surface area contributed by atoms with Gasteiger partial charge in [0, 0.05) is 41.8 Å². The third kappa shape index (κ3) is 5.41. The number of hydrogen-bond acceptors (Lipinski definition) is 4. The van der Waals surface area contributed by atoms with Gasteiger partial charge in [0.2, 0.25) is 5.91 Å². The Morgan fingerprint density at radius 3 is 2.64 bits per heavy atom. The molecular formula is C22H28N2O3S. The van der Waals surface area contributed by atoms with Gasteiger partial charge in [0.15, 0.2) is 5.76 Å². The van der Waals surface area contributed by atoms with Crippen LogP contribution in [0.1, 0.15) is 48.7 Å². The summed E-state index contributed by atoms with van der Waals surface area (Å²) in [5.41, 5.74) is 0.915. The summed E-state index contributed by atoms with van der Waals surface area (Å²) in [7, 11) is 0. The number of nitrogens with zero attached hydrogens (tertiary/aromatic N) is 1. The number of carbonyl (C=O) groups is 2. The highest BCUT2D eigenvalue weighted by Crippen LogP contribution is 2.27. The lowest BCUT2D eigenvalue weighted by Gasteiger charge is -2.31. The Bertz CT molecular complexity index is 767. The van der Waals surface area contributed by atoms with Gasteiger partial charge in [-0.2, -0.15) is 0 Å². The summed E-state index contributed by atoms with van der Waals surface area (Å²) in [6.07, 6.45) is 5.08. The molecule has 0 saturated carbocycles. The number of carbonyl (C=O) groups excluding carboxylic acids is 2. The number of amides is 2. The van der Waals surface area contributed by atoms with Crippen LogP contribution in [0.15, 0.2) is 52.0 Å². The number of rotatable bonds is 8. The third-order valence-corrected chi connectivity index (χ3v) is 6.12. The Kier molecular flexibility index (Phi) is 7.60. The molecule has 3 rings (SSSR count). The molecule has 0 atom stereocenters. The van der Waals surface area contributed by atoms with E-state index in [-0.39, 0.29) is 17.7 Å². The number of thioether (sulfide) groups is 1. The largest absolute Gasteiger partial charge is 0.459 e. The Morgan fingerprint density at radius 1 is 1.18 bits per heavy atom. The summed E-state index contributed by atoms with van der Waals surface area (Å²) in [5.74, 6) is 1.18. The monoisotopic (exact) mass is 400 g/mol. The van der Waals surface area contributed by atoms with E-state index >= 15 is 0 Å². The normalized spacial score (nSPS) is 14.8. The van der Waals surface area contributed by atoms with Crippen LogP contribution in [-0.4, -0.2) is 36.3 Å². The Balaban J connectivity index is 1.51. The van der Waals surface area contributed by atoms with Gasteiger partial charge in [-0.3, -0.25) is 9.59 Å². The van der Waals surface area contributed by atoms with Gasteiger partial charge in [0.05, 0.1) is 6.26 Å². The van der Waals surface area contributed by atoms with Crippen LogP contribution in [0.2, 0.25) is 0 Å². The van der Waals surface area contributed by atoms with Crippen molar-refractivity contribution in [3.63, 3.8) is 0 Å². The third-order valence-electron chi connectivity index (χ3n) is 5.06. The minimum Gasteiger partial charge on any atom is -0.459 e. The second-order valence-electron chi connectivity index (χ2n) is 7.09. The maximum absolute atomic E-state index is 12.9. The lowest BCUT2D eigenvalue weighted by molar-refractivity contribution is -0.126. The maximum Gasteiger partial charge on any atom is 0.289 e. The van der Waals surface area contributed by atoms with Crippen molar-refractivity contribution in [1.29, 1.82) is 0 Å². The van der Waals surface area contributed by atoms with E-state index in [4.69, 9.17) is 4.42 Å². The molecule has 2 aromatic rings. The molecule has 0 bridgehead atoms.